The Kier molecular flexibility index (Phi) is 4.04. The topological polar surface area (TPSA) is 119 Å². The highest BCUT2D eigenvalue weighted by Crippen LogP contribution is 2.40. The second-order valence-corrected chi connectivity index (χ2v) is 5.26. The average Bonchev–Trinajstić information content (AvgIpc) is 2.92. The smallest absolute Gasteiger partial charge is 0.493 e. The number of aromatic hydroxyl groups is 2. The molecule has 9 nitrogen and oxygen atoms in total. The molecule has 0 spiro atoms. The number of aromatic nitrogens is 4. The predicted molar refractivity (Wildman–Crippen MR) is 82.6 cm³/mol. The second-order valence-electron chi connectivity index (χ2n) is 4.42. The third-order valence-electron chi connectivity index (χ3n) is 2.98. The van der Waals surface area contributed by atoms with Crippen LogP contribution in [0.2, 0.25) is 10.0 Å². The Morgan fingerprint density at radius 2 is 2.04 bits per heavy atom. The SMILES string of the molecule is COC(=O)Oc1cnn2c(O)c(-c3ncc(Cl)cc3Cl)c(O)nc12. The Labute approximate surface area is 144 Å². The van der Waals surface area contributed by atoms with Crippen molar-refractivity contribution in [1.29, 1.82) is 0 Å². The van der Waals surface area contributed by atoms with E-state index in [1.165, 1.54) is 12.3 Å². The lowest BCUT2D eigenvalue weighted by Gasteiger charge is -2.09. The van der Waals surface area contributed by atoms with Crippen LogP contribution >= 0.6 is 23.2 Å². The van der Waals surface area contributed by atoms with Crippen LogP contribution in [-0.4, -0.2) is 43.1 Å². The van der Waals surface area contributed by atoms with E-state index >= 15 is 0 Å². The van der Waals surface area contributed by atoms with E-state index in [0.29, 0.717) is 0 Å². The zero-order valence-electron chi connectivity index (χ0n) is 11.9. The zero-order chi connectivity index (χ0) is 17.4. The molecule has 124 valence electrons. The minimum absolute atomic E-state index is 0.0522. The molecular weight excluding hydrogens is 363 g/mol. The van der Waals surface area contributed by atoms with E-state index in [4.69, 9.17) is 27.9 Å². The number of pyridine rings is 1. The van der Waals surface area contributed by atoms with Gasteiger partial charge in [0.25, 0.3) is 0 Å². The number of hydrogen-bond donors (Lipinski definition) is 2. The van der Waals surface area contributed by atoms with E-state index in [9.17, 15) is 15.0 Å². The van der Waals surface area contributed by atoms with Crippen molar-refractivity contribution in [3.8, 4) is 28.8 Å². The minimum atomic E-state index is -1.00. The Morgan fingerprint density at radius 1 is 1.29 bits per heavy atom. The Hall–Kier alpha value is -2.78. The highest BCUT2D eigenvalue weighted by atomic mass is 35.5. The summed E-state index contributed by atoms with van der Waals surface area (Å²) in [7, 11) is 1.13. The molecule has 0 bridgehead atoms. The van der Waals surface area contributed by atoms with Gasteiger partial charge < -0.3 is 19.7 Å². The van der Waals surface area contributed by atoms with Crippen molar-refractivity contribution in [2.24, 2.45) is 0 Å². The van der Waals surface area contributed by atoms with E-state index in [-0.39, 0.29) is 32.7 Å². The van der Waals surface area contributed by atoms with Gasteiger partial charge in [-0.3, -0.25) is 4.98 Å². The second kappa shape index (κ2) is 6.02. The number of fused-ring (bicyclic) bond motifs is 1. The van der Waals surface area contributed by atoms with Gasteiger partial charge in [-0.15, -0.1) is 0 Å². The maximum Gasteiger partial charge on any atom is 0.513 e. The van der Waals surface area contributed by atoms with Crippen LogP contribution in [0, 0.1) is 0 Å². The maximum absolute atomic E-state index is 11.2. The van der Waals surface area contributed by atoms with Crippen LogP contribution in [0.5, 0.6) is 17.5 Å². The molecule has 3 rings (SSSR count). The fourth-order valence-corrected chi connectivity index (χ4v) is 2.43. The van der Waals surface area contributed by atoms with Crippen LogP contribution in [0.4, 0.5) is 4.79 Å². The van der Waals surface area contributed by atoms with Crippen molar-refractivity contribution in [3.05, 3.63) is 28.5 Å². The van der Waals surface area contributed by atoms with Crippen LogP contribution in [0.3, 0.4) is 0 Å². The Balaban J connectivity index is 2.20. The number of nitrogens with zero attached hydrogens (tertiary/aromatic N) is 4. The van der Waals surface area contributed by atoms with Crippen molar-refractivity contribution >= 4 is 35.0 Å². The summed E-state index contributed by atoms with van der Waals surface area (Å²) >= 11 is 11.8. The zero-order valence-corrected chi connectivity index (χ0v) is 13.4. The van der Waals surface area contributed by atoms with Gasteiger partial charge in [0.15, 0.2) is 5.75 Å². The van der Waals surface area contributed by atoms with Gasteiger partial charge in [0.1, 0.15) is 5.56 Å². The molecule has 0 unspecified atom stereocenters. The fourth-order valence-electron chi connectivity index (χ4n) is 1.96. The summed E-state index contributed by atoms with van der Waals surface area (Å²) in [6.45, 7) is 0. The highest BCUT2D eigenvalue weighted by Gasteiger charge is 2.23. The lowest BCUT2D eigenvalue weighted by Crippen LogP contribution is -2.07. The van der Waals surface area contributed by atoms with Gasteiger partial charge in [-0.05, 0) is 6.07 Å². The molecule has 0 radical (unpaired) electrons. The minimum Gasteiger partial charge on any atom is -0.493 e. The molecule has 0 saturated carbocycles. The lowest BCUT2D eigenvalue weighted by molar-refractivity contribution is 0.122. The van der Waals surface area contributed by atoms with Gasteiger partial charge in [-0.1, -0.05) is 23.2 Å². The lowest BCUT2D eigenvalue weighted by atomic mass is 10.2. The molecular formula is C13H8Cl2N4O5. The average molecular weight is 371 g/mol. The molecule has 11 heteroatoms. The van der Waals surface area contributed by atoms with E-state index in [1.54, 1.807) is 0 Å². The predicted octanol–water partition coefficient (Wildman–Crippen LogP) is 2.65. The summed E-state index contributed by atoms with van der Waals surface area (Å²) in [6.07, 6.45) is 1.41. The first-order valence-corrected chi connectivity index (χ1v) is 7.04. The first-order valence-electron chi connectivity index (χ1n) is 6.29. The highest BCUT2D eigenvalue weighted by molar-refractivity contribution is 6.36. The molecule has 0 aliphatic heterocycles. The number of carbonyl (C=O) groups is 1. The van der Waals surface area contributed by atoms with Crippen LogP contribution < -0.4 is 4.74 Å². The van der Waals surface area contributed by atoms with Crippen LogP contribution in [0.1, 0.15) is 0 Å². The van der Waals surface area contributed by atoms with Gasteiger partial charge in [0.2, 0.25) is 17.4 Å². The number of methoxy groups -OCH3 is 1. The van der Waals surface area contributed by atoms with E-state index < -0.39 is 17.9 Å². The molecule has 0 saturated heterocycles. The van der Waals surface area contributed by atoms with Crippen molar-refractivity contribution < 1.29 is 24.5 Å². The fraction of sp³-hybridized carbons (Fsp3) is 0.0769. The van der Waals surface area contributed by atoms with Crippen molar-refractivity contribution in [2.45, 2.75) is 0 Å². The van der Waals surface area contributed by atoms with Crippen LogP contribution in [0.25, 0.3) is 16.9 Å². The molecule has 0 aliphatic carbocycles. The Bertz CT molecular complexity index is 959. The third kappa shape index (κ3) is 2.63. The molecule has 0 aromatic carbocycles. The molecule has 0 fully saturated rings. The molecule has 2 N–H and O–H groups in total. The summed E-state index contributed by atoms with van der Waals surface area (Å²) < 4.78 is 10.1. The standard InChI is InChI=1S/C13H8Cl2N4O5/c1-23-13(22)24-7-4-17-19-10(7)18-11(20)8(12(19)21)9-6(15)2-5(14)3-16-9/h2-4,21H,1H3,(H,18,20). The molecule has 3 aromatic heterocycles. The first kappa shape index (κ1) is 16.1. The normalized spacial score (nSPS) is 10.8. The van der Waals surface area contributed by atoms with Crippen molar-refractivity contribution in [2.75, 3.05) is 7.11 Å². The molecule has 3 heterocycles. The summed E-state index contributed by atoms with van der Waals surface area (Å²) in [5, 5.41) is 24.8. The summed E-state index contributed by atoms with van der Waals surface area (Å²) in [5.41, 5.74) is -0.211. The number of hydrogen-bond acceptors (Lipinski definition) is 8. The van der Waals surface area contributed by atoms with Crippen LogP contribution in [-0.2, 0) is 4.74 Å². The van der Waals surface area contributed by atoms with Gasteiger partial charge >= 0.3 is 6.16 Å². The number of ether oxygens (including phenoxy) is 2. The number of rotatable bonds is 2. The quantitative estimate of drug-likeness (QED) is 0.660. The number of halogens is 2. The molecule has 0 amide bonds. The first-order chi connectivity index (χ1) is 11.4. The van der Waals surface area contributed by atoms with Gasteiger partial charge in [0, 0.05) is 6.20 Å². The van der Waals surface area contributed by atoms with Gasteiger partial charge in [0.05, 0.1) is 29.0 Å². The van der Waals surface area contributed by atoms with E-state index in [2.05, 4.69) is 19.8 Å². The molecule has 3 aromatic rings. The summed E-state index contributed by atoms with van der Waals surface area (Å²) in [4.78, 5) is 19.0. The third-order valence-corrected chi connectivity index (χ3v) is 3.47. The largest absolute Gasteiger partial charge is 0.513 e. The van der Waals surface area contributed by atoms with Crippen molar-refractivity contribution in [1.82, 2.24) is 19.6 Å². The molecule has 0 aliphatic rings. The molecule has 24 heavy (non-hydrogen) atoms. The molecule has 0 atom stereocenters. The summed E-state index contributed by atoms with van der Waals surface area (Å²) in [5.74, 6) is -1.21. The van der Waals surface area contributed by atoms with Gasteiger partial charge in [-0.2, -0.15) is 14.6 Å². The van der Waals surface area contributed by atoms with Crippen molar-refractivity contribution in [3.63, 3.8) is 0 Å². The number of carbonyl (C=O) groups excluding carboxylic acids is 1. The summed E-state index contributed by atoms with van der Waals surface area (Å²) in [6, 6.07) is 1.39. The van der Waals surface area contributed by atoms with E-state index in [1.807, 2.05) is 0 Å². The maximum atomic E-state index is 11.2. The van der Waals surface area contributed by atoms with Crippen LogP contribution in [0.15, 0.2) is 18.5 Å². The Morgan fingerprint density at radius 3 is 2.71 bits per heavy atom. The monoisotopic (exact) mass is 370 g/mol. The van der Waals surface area contributed by atoms with E-state index in [0.717, 1.165) is 17.8 Å². The van der Waals surface area contributed by atoms with Gasteiger partial charge in [-0.25, -0.2) is 4.79 Å².